The lowest BCUT2D eigenvalue weighted by atomic mass is 9.96. The third-order valence-corrected chi connectivity index (χ3v) is 7.68. The summed E-state index contributed by atoms with van der Waals surface area (Å²) < 4.78 is 2.28. The molecule has 0 saturated carbocycles. The van der Waals surface area contributed by atoms with E-state index in [2.05, 4.69) is 85.6 Å². The Kier molecular flexibility index (Phi) is 4.13. The third-order valence-electron chi connectivity index (χ3n) is 5.31. The second-order valence-corrected chi connectivity index (χ2v) is 9.08. The number of rotatable bonds is 3. The minimum atomic E-state index is -0.0960. The van der Waals surface area contributed by atoms with E-state index in [1.54, 1.807) is 11.3 Å². The summed E-state index contributed by atoms with van der Waals surface area (Å²) in [5.74, 6) is 0.444. The van der Waals surface area contributed by atoms with Crippen molar-refractivity contribution in [2.45, 2.75) is 32.6 Å². The number of thioether (sulfide) groups is 1. The van der Waals surface area contributed by atoms with Gasteiger partial charge in [-0.15, -0.1) is 23.1 Å². The molecule has 1 aliphatic heterocycles. The van der Waals surface area contributed by atoms with Crippen LogP contribution in [0.15, 0.2) is 58.8 Å². The van der Waals surface area contributed by atoms with Gasteiger partial charge >= 0.3 is 0 Å². The van der Waals surface area contributed by atoms with Gasteiger partial charge in [0.25, 0.3) is 0 Å². The molecule has 0 aliphatic carbocycles. The average molecular weight is 367 g/mol. The molecule has 2 atom stereocenters. The topological polar surface area (TPSA) is 17.8 Å². The number of benzene rings is 1. The van der Waals surface area contributed by atoms with Crippen molar-refractivity contribution < 1.29 is 0 Å². The van der Waals surface area contributed by atoms with Crippen molar-refractivity contribution in [2.24, 2.45) is 5.92 Å². The van der Waals surface area contributed by atoms with Crippen LogP contribution in [0.3, 0.4) is 0 Å². The zero-order chi connectivity index (χ0) is 17.6. The normalized spacial score (nSPS) is 23.0. The minimum absolute atomic E-state index is 0.0960. The van der Waals surface area contributed by atoms with E-state index in [0.29, 0.717) is 5.92 Å². The molecule has 3 aromatic rings. The van der Waals surface area contributed by atoms with Gasteiger partial charge in [-0.3, -0.25) is 0 Å². The Bertz CT molecular complexity index is 922. The molecule has 0 saturated heterocycles. The van der Waals surface area contributed by atoms with Crippen LogP contribution >= 0.6 is 23.1 Å². The van der Waals surface area contributed by atoms with Gasteiger partial charge in [0.05, 0.1) is 16.3 Å². The second-order valence-electron chi connectivity index (χ2n) is 6.83. The van der Waals surface area contributed by atoms with Crippen LogP contribution in [0.25, 0.3) is 21.8 Å². The molecule has 2 nitrogen and oxygen atoms in total. The molecule has 0 radical (unpaired) electrons. The molecule has 0 fully saturated rings. The van der Waals surface area contributed by atoms with Crippen molar-refractivity contribution >= 4 is 23.1 Å². The first-order valence-corrected chi connectivity index (χ1v) is 10.3. The molecule has 1 aromatic carbocycles. The lowest BCUT2D eigenvalue weighted by Gasteiger charge is -2.31. The number of aromatic nitrogens is 2. The largest absolute Gasteiger partial charge is 0.246 e. The minimum Gasteiger partial charge on any atom is -0.246 e. The molecule has 4 heteroatoms. The maximum Gasteiger partial charge on any atom is 0.116 e. The summed E-state index contributed by atoms with van der Waals surface area (Å²) in [4.78, 5) is 1.19. The van der Waals surface area contributed by atoms with Gasteiger partial charge in [0.15, 0.2) is 0 Å². The number of allylic oxidation sites excluding steroid dienone is 1. The van der Waals surface area contributed by atoms with Gasteiger partial charge in [-0.05, 0) is 37.6 Å². The smallest absolute Gasteiger partial charge is 0.116 e. The van der Waals surface area contributed by atoms with E-state index >= 15 is 0 Å². The van der Waals surface area contributed by atoms with Crippen molar-refractivity contribution in [3.05, 3.63) is 64.4 Å². The Labute approximate surface area is 157 Å². The molecule has 0 spiro atoms. The maximum atomic E-state index is 5.14. The molecule has 3 heterocycles. The molecule has 1 aliphatic rings. The van der Waals surface area contributed by atoms with E-state index in [9.17, 15) is 0 Å². The zero-order valence-electron chi connectivity index (χ0n) is 15.0. The van der Waals surface area contributed by atoms with Crippen LogP contribution in [0.4, 0.5) is 0 Å². The SMILES string of the molecule is CC1=CSC(C)(n2nc(-c3ccccc3)c(C)c2-c2cccs2)C1C. The first-order valence-electron chi connectivity index (χ1n) is 8.56. The monoisotopic (exact) mass is 366 g/mol. The number of thiophene rings is 1. The molecule has 0 amide bonds. The first kappa shape index (κ1) is 16.7. The molecule has 0 bridgehead atoms. The highest BCUT2D eigenvalue weighted by Crippen LogP contribution is 2.51. The van der Waals surface area contributed by atoms with E-state index in [0.717, 1.165) is 5.69 Å². The fraction of sp³-hybridized carbons (Fsp3) is 0.286. The van der Waals surface area contributed by atoms with Crippen LogP contribution in [-0.4, -0.2) is 9.78 Å². The van der Waals surface area contributed by atoms with E-state index in [4.69, 9.17) is 5.10 Å². The van der Waals surface area contributed by atoms with Crippen molar-refractivity contribution in [3.8, 4) is 21.8 Å². The predicted molar refractivity (Wildman–Crippen MR) is 110 cm³/mol. The van der Waals surface area contributed by atoms with E-state index < -0.39 is 0 Å². The van der Waals surface area contributed by atoms with E-state index in [-0.39, 0.29) is 4.87 Å². The first-order chi connectivity index (χ1) is 12.0. The van der Waals surface area contributed by atoms with E-state index in [1.165, 1.54) is 27.3 Å². The summed E-state index contributed by atoms with van der Waals surface area (Å²) >= 11 is 3.67. The molecule has 25 heavy (non-hydrogen) atoms. The van der Waals surface area contributed by atoms with Crippen LogP contribution < -0.4 is 0 Å². The van der Waals surface area contributed by atoms with Gasteiger partial charge in [0.2, 0.25) is 0 Å². The molecule has 2 aromatic heterocycles. The summed E-state index contributed by atoms with van der Waals surface area (Å²) in [5.41, 5.74) is 6.20. The lowest BCUT2D eigenvalue weighted by molar-refractivity contribution is 0.355. The molecular formula is C21H22N2S2. The standard InChI is InChI=1S/C21H22N2S2/c1-14-13-25-21(4,16(14)3)23-20(18-11-8-12-24-18)15(2)19(22-23)17-9-6-5-7-10-17/h5-13,16H,1-4H3. The van der Waals surface area contributed by atoms with Gasteiger partial charge in [-0.1, -0.05) is 48.9 Å². The van der Waals surface area contributed by atoms with Gasteiger partial charge in [-0.25, -0.2) is 4.68 Å². The number of nitrogens with zero attached hydrogens (tertiary/aromatic N) is 2. The van der Waals surface area contributed by atoms with Crippen LogP contribution in [0, 0.1) is 12.8 Å². The highest BCUT2D eigenvalue weighted by atomic mass is 32.2. The van der Waals surface area contributed by atoms with Gasteiger partial charge in [0.1, 0.15) is 4.87 Å². The van der Waals surface area contributed by atoms with Crippen LogP contribution in [0.2, 0.25) is 0 Å². The van der Waals surface area contributed by atoms with E-state index in [1.807, 2.05) is 11.8 Å². The summed E-state index contributed by atoms with van der Waals surface area (Å²) in [6.45, 7) is 9.05. The number of hydrogen-bond donors (Lipinski definition) is 0. The fourth-order valence-corrected chi connectivity index (χ4v) is 5.52. The summed E-state index contributed by atoms with van der Waals surface area (Å²) in [6, 6.07) is 14.8. The fourth-order valence-electron chi connectivity index (χ4n) is 3.46. The van der Waals surface area contributed by atoms with Gasteiger partial charge in [-0.2, -0.15) is 5.10 Å². The molecule has 4 rings (SSSR count). The predicted octanol–water partition coefficient (Wildman–Crippen LogP) is 6.55. The van der Waals surface area contributed by atoms with Crippen molar-refractivity contribution in [1.82, 2.24) is 9.78 Å². The Morgan fingerprint density at radius 3 is 2.44 bits per heavy atom. The second kappa shape index (κ2) is 6.19. The van der Waals surface area contributed by atoms with Crippen LogP contribution in [-0.2, 0) is 4.87 Å². The molecule has 0 N–H and O–H groups in total. The highest BCUT2D eigenvalue weighted by molar-refractivity contribution is 8.03. The average Bonchev–Trinajstić information content (AvgIpc) is 3.32. The lowest BCUT2D eigenvalue weighted by Crippen LogP contribution is -2.32. The van der Waals surface area contributed by atoms with Crippen LogP contribution in [0.5, 0.6) is 0 Å². The van der Waals surface area contributed by atoms with Gasteiger partial charge in [0, 0.05) is 17.0 Å². The Hall–Kier alpha value is -1.78. The third kappa shape index (κ3) is 2.59. The quantitative estimate of drug-likeness (QED) is 0.523. The van der Waals surface area contributed by atoms with Gasteiger partial charge < -0.3 is 0 Å². The molecule has 128 valence electrons. The molecular weight excluding hydrogens is 344 g/mol. The van der Waals surface area contributed by atoms with Crippen LogP contribution in [0.1, 0.15) is 26.3 Å². The van der Waals surface area contributed by atoms with Crippen molar-refractivity contribution in [1.29, 1.82) is 0 Å². The summed E-state index contributed by atoms with van der Waals surface area (Å²) in [5, 5.41) is 9.58. The van der Waals surface area contributed by atoms with Crippen molar-refractivity contribution in [2.75, 3.05) is 0 Å². The Morgan fingerprint density at radius 1 is 1.08 bits per heavy atom. The zero-order valence-corrected chi connectivity index (χ0v) is 16.6. The Morgan fingerprint density at radius 2 is 1.84 bits per heavy atom. The Balaban J connectivity index is 1.95. The maximum absolute atomic E-state index is 5.14. The van der Waals surface area contributed by atoms with Crippen molar-refractivity contribution in [3.63, 3.8) is 0 Å². The number of hydrogen-bond acceptors (Lipinski definition) is 3. The summed E-state index contributed by atoms with van der Waals surface area (Å²) in [7, 11) is 0. The highest BCUT2D eigenvalue weighted by Gasteiger charge is 2.41. The summed E-state index contributed by atoms with van der Waals surface area (Å²) in [6.07, 6.45) is 0. The molecule has 2 unspecified atom stereocenters.